The molecule has 1 unspecified atom stereocenters. The van der Waals surface area contributed by atoms with Crippen LogP contribution in [0, 0.1) is 0 Å². The van der Waals surface area contributed by atoms with Gasteiger partial charge in [-0.25, -0.2) is 0 Å². The third-order valence-corrected chi connectivity index (χ3v) is 3.88. The van der Waals surface area contributed by atoms with Crippen LogP contribution in [0.1, 0.15) is 11.1 Å². The highest BCUT2D eigenvalue weighted by Crippen LogP contribution is 2.35. The van der Waals surface area contributed by atoms with Crippen molar-refractivity contribution in [2.75, 3.05) is 26.6 Å². The number of Topliss-reactive ketones (excluding diaryl/α,β-unsaturated/α-hetero) is 1. The summed E-state index contributed by atoms with van der Waals surface area (Å²) in [5, 5.41) is 0. The third kappa shape index (κ3) is 5.86. The highest BCUT2D eigenvalue weighted by Gasteiger charge is 2.15. The molecule has 0 aliphatic rings. The average molecular weight is 302 g/mol. The van der Waals surface area contributed by atoms with Gasteiger partial charge in [0.05, 0.1) is 29.4 Å². The normalized spacial score (nSPS) is 11.4. The zero-order chi connectivity index (χ0) is 14.5. The molecule has 0 N–H and O–H groups in total. The quantitative estimate of drug-likeness (QED) is 0.727. The smallest absolute Gasteiger partial charge is 0.144 e. The molecule has 0 aromatic heterocycles. The van der Waals surface area contributed by atoms with E-state index in [0.717, 1.165) is 11.1 Å². The first-order valence-corrected chi connectivity index (χ1v) is 9.14. The molecule has 0 saturated carbocycles. The van der Waals surface area contributed by atoms with Gasteiger partial charge in [0, 0.05) is 19.1 Å². The lowest BCUT2D eigenvalue weighted by molar-refractivity contribution is -0.116. The minimum absolute atomic E-state index is 0.00348. The van der Waals surface area contributed by atoms with E-state index in [1.165, 1.54) is 0 Å². The first kappa shape index (κ1) is 16.4. The molecule has 0 spiro atoms. The van der Waals surface area contributed by atoms with E-state index in [9.17, 15) is 9.36 Å². The first-order valence-electron chi connectivity index (χ1n) is 5.89. The largest absolute Gasteiger partial charge is 0.480 e. The number of carbonyl (C=O) groups is 1. The van der Waals surface area contributed by atoms with Crippen molar-refractivity contribution in [1.82, 2.24) is 0 Å². The molecular weight excluding hydrogens is 282 g/mol. The fourth-order valence-electron chi connectivity index (χ4n) is 1.83. The number of benzene rings is 1. The number of methoxy groups -OCH3 is 1. The molecule has 0 bridgehead atoms. The maximum Gasteiger partial charge on any atom is 0.144 e. The summed E-state index contributed by atoms with van der Waals surface area (Å²) >= 11 is 0. The molecule has 0 aliphatic heterocycles. The minimum atomic E-state index is -2.30. The summed E-state index contributed by atoms with van der Waals surface area (Å²) in [6.07, 6.45) is 0.439. The molecule has 1 aromatic rings. The molecule has 4 nitrogen and oxygen atoms in total. The summed E-state index contributed by atoms with van der Waals surface area (Å²) in [4.78, 5) is 11.8. The lowest BCUT2D eigenvalue weighted by atomic mass is 10.1. The van der Waals surface area contributed by atoms with Gasteiger partial charge >= 0.3 is 0 Å². The highest BCUT2D eigenvalue weighted by atomic mass is 31.2. The average Bonchev–Trinajstić information content (AvgIpc) is 2.27. The third-order valence-electron chi connectivity index (χ3n) is 2.51. The van der Waals surface area contributed by atoms with Crippen molar-refractivity contribution in [3.05, 3.63) is 29.3 Å². The Labute approximate surface area is 116 Å². The Kier molecular flexibility index (Phi) is 6.19. The number of hydrogen-bond donors (Lipinski definition) is 0. The molecule has 1 atom stereocenters. The van der Waals surface area contributed by atoms with Crippen molar-refractivity contribution in [3.63, 3.8) is 0 Å². The zero-order valence-electron chi connectivity index (χ0n) is 11.5. The lowest BCUT2D eigenvalue weighted by Gasteiger charge is -2.10. The lowest BCUT2D eigenvalue weighted by Crippen LogP contribution is -2.08. The van der Waals surface area contributed by atoms with Crippen LogP contribution in [0.2, 0.25) is 0 Å². The second-order valence-electron chi connectivity index (χ2n) is 4.94. The molecule has 1 aromatic carbocycles. The topological polar surface area (TPSA) is 52.6 Å². The van der Waals surface area contributed by atoms with Gasteiger partial charge in [-0.05, 0) is 31.0 Å². The minimum Gasteiger partial charge on any atom is -0.480 e. The molecule has 6 heteroatoms. The van der Waals surface area contributed by atoms with Gasteiger partial charge in [-0.3, -0.25) is 4.79 Å². The van der Waals surface area contributed by atoms with Crippen LogP contribution in [-0.2, 0) is 27.1 Å². The van der Waals surface area contributed by atoms with Crippen molar-refractivity contribution in [1.29, 1.82) is 0 Å². The maximum absolute atomic E-state index is 11.8. The fraction of sp³-hybridized carbons (Fsp3) is 0.462. The number of ketones is 1. The Bertz CT molecular complexity index is 493. The van der Waals surface area contributed by atoms with E-state index in [1.54, 1.807) is 26.5 Å². The van der Waals surface area contributed by atoms with E-state index in [2.05, 4.69) is 9.47 Å². The highest BCUT2D eigenvalue weighted by molar-refractivity contribution is 7.63. The van der Waals surface area contributed by atoms with Gasteiger partial charge in [-0.1, -0.05) is 6.07 Å². The Morgan fingerprint density at radius 3 is 2.58 bits per heavy atom. The van der Waals surface area contributed by atoms with E-state index in [-0.39, 0.29) is 11.9 Å². The second-order valence-corrected chi connectivity index (χ2v) is 8.64. The summed E-state index contributed by atoms with van der Waals surface area (Å²) in [5.74, 6) is 0.705. The van der Waals surface area contributed by atoms with Crippen LogP contribution < -0.4 is 4.52 Å². The number of hydrogen-bond acceptors (Lipinski definition) is 4. The van der Waals surface area contributed by atoms with Gasteiger partial charge in [-0.15, -0.1) is 0 Å². The molecule has 0 aliphatic carbocycles. The summed E-state index contributed by atoms with van der Waals surface area (Å²) in [7, 11) is 1.50. The van der Waals surface area contributed by atoms with Gasteiger partial charge < -0.3 is 13.8 Å². The summed E-state index contributed by atoms with van der Waals surface area (Å²) in [5.41, 5.74) is 1.77. The van der Waals surface area contributed by atoms with E-state index in [0.29, 0.717) is 18.8 Å². The molecule has 0 amide bonds. The van der Waals surface area contributed by atoms with Crippen molar-refractivity contribution < 1.29 is 18.6 Å². The molecule has 1 rings (SSSR count). The van der Waals surface area contributed by atoms with Crippen LogP contribution in [0.5, 0.6) is 5.75 Å². The van der Waals surface area contributed by atoms with Crippen LogP contribution >= 0.6 is 16.6 Å². The molecule has 106 valence electrons. The predicted octanol–water partition coefficient (Wildman–Crippen LogP) is 2.74. The first-order chi connectivity index (χ1) is 8.85. The molecule has 19 heavy (non-hydrogen) atoms. The van der Waals surface area contributed by atoms with Crippen molar-refractivity contribution in [2.45, 2.75) is 13.0 Å². The zero-order valence-corrected chi connectivity index (χ0v) is 13.6. The van der Waals surface area contributed by atoms with E-state index >= 15 is 0 Å². The van der Waals surface area contributed by atoms with Crippen LogP contribution in [0.15, 0.2) is 18.2 Å². The molecular formula is C13H20O4P2. The predicted molar refractivity (Wildman–Crippen MR) is 80.5 cm³/mol. The fourth-order valence-corrected chi connectivity index (χ4v) is 3.03. The monoisotopic (exact) mass is 302 g/mol. The summed E-state index contributed by atoms with van der Waals surface area (Å²) in [6.45, 7) is 3.69. The van der Waals surface area contributed by atoms with Crippen LogP contribution in [0.25, 0.3) is 0 Å². The summed E-state index contributed by atoms with van der Waals surface area (Å²) < 4.78 is 21.9. The Hall–Kier alpha value is -0.690. The number of carbonyl (C=O) groups excluding carboxylic acids is 1. The van der Waals surface area contributed by atoms with Crippen molar-refractivity contribution in [3.8, 4) is 5.75 Å². The Balaban J connectivity index is 2.82. The number of rotatable bonds is 7. The van der Waals surface area contributed by atoms with Gasteiger partial charge in [0.1, 0.15) is 11.5 Å². The molecule has 0 radical (unpaired) electrons. The van der Waals surface area contributed by atoms with Crippen LogP contribution in [0.4, 0.5) is 0 Å². The number of ether oxygens (including phenoxy) is 1. The van der Waals surface area contributed by atoms with Gasteiger partial charge in [0.2, 0.25) is 0 Å². The van der Waals surface area contributed by atoms with Gasteiger partial charge in [0.15, 0.2) is 0 Å². The van der Waals surface area contributed by atoms with Gasteiger partial charge in [-0.2, -0.15) is 0 Å². The standard InChI is InChI=1S/C13H20O4P2/c1-16-8-11-6-10(4-5-13(11)17-18)7-12(14)9-19(2,3)15/h4-6H,7-9,18H2,1-3H3. The Morgan fingerprint density at radius 2 is 2.05 bits per heavy atom. The van der Waals surface area contributed by atoms with Crippen molar-refractivity contribution in [2.24, 2.45) is 0 Å². The Morgan fingerprint density at radius 1 is 1.37 bits per heavy atom. The maximum atomic E-state index is 11.8. The SMILES string of the molecule is COCc1cc(CC(=O)CP(C)(C)=O)ccc1OP. The van der Waals surface area contributed by atoms with E-state index in [4.69, 9.17) is 9.26 Å². The van der Waals surface area contributed by atoms with Crippen LogP contribution in [0.3, 0.4) is 0 Å². The van der Waals surface area contributed by atoms with E-state index in [1.807, 2.05) is 12.1 Å². The van der Waals surface area contributed by atoms with E-state index < -0.39 is 7.14 Å². The molecule has 0 saturated heterocycles. The molecule has 0 heterocycles. The van der Waals surface area contributed by atoms with Crippen molar-refractivity contribution >= 4 is 22.4 Å². The molecule has 0 fully saturated rings. The van der Waals surface area contributed by atoms with Crippen LogP contribution in [-0.4, -0.2) is 32.4 Å². The summed E-state index contributed by atoms with van der Waals surface area (Å²) in [6, 6.07) is 5.53. The second kappa shape index (κ2) is 7.19. The van der Waals surface area contributed by atoms with Gasteiger partial charge in [0.25, 0.3) is 0 Å².